The number of hydrogen-bond donors (Lipinski definition) is 1. The Bertz CT molecular complexity index is 683. The van der Waals surface area contributed by atoms with Crippen LogP contribution in [-0.2, 0) is 27.3 Å². The highest BCUT2D eigenvalue weighted by Gasteiger charge is 2.09. The van der Waals surface area contributed by atoms with Gasteiger partial charge in [-0.1, -0.05) is 48.0 Å². The minimum atomic E-state index is -0.446. The largest absolute Gasteiger partial charge is 0.455 e. The second kappa shape index (κ2) is 8.34. The molecule has 5 heteroatoms. The molecule has 2 aromatic carbocycles. The zero-order valence-electron chi connectivity index (χ0n) is 12.8. The van der Waals surface area contributed by atoms with E-state index in [0.29, 0.717) is 11.6 Å². The lowest BCUT2D eigenvalue weighted by atomic mass is 10.1. The van der Waals surface area contributed by atoms with Crippen LogP contribution >= 0.6 is 11.6 Å². The van der Waals surface area contributed by atoms with Crippen LogP contribution in [-0.4, -0.2) is 18.5 Å². The lowest BCUT2D eigenvalue weighted by Crippen LogP contribution is -2.28. The predicted molar refractivity (Wildman–Crippen MR) is 89.1 cm³/mol. The van der Waals surface area contributed by atoms with Gasteiger partial charge in [0.2, 0.25) is 0 Å². The quantitative estimate of drug-likeness (QED) is 0.828. The van der Waals surface area contributed by atoms with Gasteiger partial charge in [0, 0.05) is 11.6 Å². The summed E-state index contributed by atoms with van der Waals surface area (Å²) in [5.74, 6) is -0.768. The first kappa shape index (κ1) is 17.0. The Hall–Kier alpha value is -2.33. The molecule has 23 heavy (non-hydrogen) atoms. The summed E-state index contributed by atoms with van der Waals surface area (Å²) in [4.78, 5) is 23.4. The Morgan fingerprint density at radius 1 is 1.09 bits per heavy atom. The van der Waals surface area contributed by atoms with Crippen LogP contribution in [0, 0.1) is 6.92 Å². The Morgan fingerprint density at radius 2 is 1.78 bits per heavy atom. The third-order valence-electron chi connectivity index (χ3n) is 3.36. The van der Waals surface area contributed by atoms with Crippen molar-refractivity contribution < 1.29 is 14.3 Å². The van der Waals surface area contributed by atoms with Crippen LogP contribution in [0.5, 0.6) is 0 Å². The van der Waals surface area contributed by atoms with Gasteiger partial charge in [-0.3, -0.25) is 9.59 Å². The molecule has 0 bridgehead atoms. The average molecular weight is 332 g/mol. The van der Waals surface area contributed by atoms with Crippen molar-refractivity contribution in [3.63, 3.8) is 0 Å². The number of halogens is 1. The van der Waals surface area contributed by atoms with E-state index < -0.39 is 5.97 Å². The number of esters is 1. The Balaban J connectivity index is 1.72. The fourth-order valence-electron chi connectivity index (χ4n) is 2.02. The summed E-state index contributed by atoms with van der Waals surface area (Å²) in [5.41, 5.74) is 2.93. The second-order valence-corrected chi connectivity index (χ2v) is 5.60. The maximum atomic E-state index is 11.7. The Kier molecular flexibility index (Phi) is 6.18. The zero-order chi connectivity index (χ0) is 16.7. The van der Waals surface area contributed by atoms with E-state index in [1.54, 1.807) is 24.3 Å². The summed E-state index contributed by atoms with van der Waals surface area (Å²) in [7, 11) is 0. The molecule has 0 aromatic heterocycles. The molecule has 0 spiro atoms. The van der Waals surface area contributed by atoms with E-state index in [0.717, 1.165) is 16.7 Å². The van der Waals surface area contributed by atoms with E-state index in [9.17, 15) is 9.59 Å². The summed E-state index contributed by atoms with van der Waals surface area (Å²) >= 11 is 5.78. The first-order valence-electron chi connectivity index (χ1n) is 7.26. The van der Waals surface area contributed by atoms with Gasteiger partial charge in [0.15, 0.2) is 6.61 Å². The average Bonchev–Trinajstić information content (AvgIpc) is 2.54. The van der Waals surface area contributed by atoms with Gasteiger partial charge >= 0.3 is 5.97 Å². The van der Waals surface area contributed by atoms with Gasteiger partial charge in [0.25, 0.3) is 5.91 Å². The molecule has 1 N–H and O–H groups in total. The van der Waals surface area contributed by atoms with E-state index in [2.05, 4.69) is 5.32 Å². The van der Waals surface area contributed by atoms with Crippen LogP contribution in [0.15, 0.2) is 48.5 Å². The summed E-state index contributed by atoms with van der Waals surface area (Å²) in [6.45, 7) is 2.12. The number of carbonyl (C=O) groups is 2. The van der Waals surface area contributed by atoms with E-state index in [4.69, 9.17) is 16.3 Å². The molecule has 1 amide bonds. The molecule has 2 rings (SSSR count). The lowest BCUT2D eigenvalue weighted by Gasteiger charge is -2.08. The zero-order valence-corrected chi connectivity index (χ0v) is 13.6. The van der Waals surface area contributed by atoms with Gasteiger partial charge in [-0.15, -0.1) is 0 Å². The summed E-state index contributed by atoms with van der Waals surface area (Å²) in [6.07, 6.45) is 0.113. The van der Waals surface area contributed by atoms with E-state index >= 15 is 0 Å². The third kappa shape index (κ3) is 5.75. The molecule has 0 unspecified atom stereocenters. The molecule has 0 atom stereocenters. The molecule has 0 saturated heterocycles. The molecule has 4 nitrogen and oxygen atoms in total. The number of ether oxygens (including phenoxy) is 1. The first-order valence-corrected chi connectivity index (χ1v) is 7.63. The van der Waals surface area contributed by atoms with Crippen molar-refractivity contribution in [1.29, 1.82) is 0 Å². The molecule has 0 aliphatic carbocycles. The van der Waals surface area contributed by atoms with Crippen molar-refractivity contribution in [3.05, 3.63) is 70.2 Å². The molecule has 0 saturated carbocycles. The van der Waals surface area contributed by atoms with Crippen molar-refractivity contribution >= 4 is 23.5 Å². The number of aryl methyl sites for hydroxylation is 1. The predicted octanol–water partition coefficient (Wildman–Crippen LogP) is 3.05. The van der Waals surface area contributed by atoms with Crippen LogP contribution in [0.1, 0.15) is 16.7 Å². The Morgan fingerprint density at radius 3 is 2.48 bits per heavy atom. The normalized spacial score (nSPS) is 10.2. The number of carbonyl (C=O) groups excluding carboxylic acids is 2. The first-order chi connectivity index (χ1) is 11.0. The molecular weight excluding hydrogens is 314 g/mol. The van der Waals surface area contributed by atoms with E-state index in [1.165, 1.54) is 0 Å². The highest BCUT2D eigenvalue weighted by atomic mass is 35.5. The number of benzene rings is 2. The number of amides is 1. The monoisotopic (exact) mass is 331 g/mol. The fraction of sp³-hybridized carbons (Fsp3) is 0.222. The van der Waals surface area contributed by atoms with Crippen molar-refractivity contribution in [1.82, 2.24) is 5.32 Å². The molecule has 2 aromatic rings. The topological polar surface area (TPSA) is 55.4 Å². The minimum Gasteiger partial charge on any atom is -0.455 e. The highest BCUT2D eigenvalue weighted by molar-refractivity contribution is 6.30. The summed E-state index contributed by atoms with van der Waals surface area (Å²) in [5, 5.41) is 3.34. The summed E-state index contributed by atoms with van der Waals surface area (Å²) < 4.78 is 4.97. The van der Waals surface area contributed by atoms with Gasteiger partial charge in [0.1, 0.15) is 0 Å². The maximum absolute atomic E-state index is 11.7. The highest BCUT2D eigenvalue weighted by Crippen LogP contribution is 2.10. The number of hydrogen-bond acceptors (Lipinski definition) is 3. The van der Waals surface area contributed by atoms with Gasteiger partial charge in [0.05, 0.1) is 6.42 Å². The van der Waals surface area contributed by atoms with Crippen molar-refractivity contribution in [2.24, 2.45) is 0 Å². The van der Waals surface area contributed by atoms with Crippen LogP contribution in [0.3, 0.4) is 0 Å². The lowest BCUT2D eigenvalue weighted by molar-refractivity contribution is -0.147. The SMILES string of the molecule is Cc1ccccc1CNC(=O)COC(=O)Cc1ccc(Cl)cc1. The van der Waals surface area contributed by atoms with E-state index in [1.807, 2.05) is 31.2 Å². The molecule has 120 valence electrons. The van der Waals surface area contributed by atoms with Crippen LogP contribution in [0.25, 0.3) is 0 Å². The molecule has 0 heterocycles. The van der Waals surface area contributed by atoms with E-state index in [-0.39, 0.29) is 18.9 Å². The Labute approximate surface area is 140 Å². The van der Waals surface area contributed by atoms with Gasteiger partial charge in [-0.05, 0) is 35.7 Å². The minimum absolute atomic E-state index is 0.113. The smallest absolute Gasteiger partial charge is 0.310 e. The maximum Gasteiger partial charge on any atom is 0.310 e. The van der Waals surface area contributed by atoms with Crippen LogP contribution in [0.4, 0.5) is 0 Å². The molecular formula is C18H18ClNO3. The van der Waals surface area contributed by atoms with Crippen molar-refractivity contribution in [3.8, 4) is 0 Å². The van der Waals surface area contributed by atoms with Crippen molar-refractivity contribution in [2.75, 3.05) is 6.61 Å². The third-order valence-corrected chi connectivity index (χ3v) is 3.62. The van der Waals surface area contributed by atoms with Crippen molar-refractivity contribution in [2.45, 2.75) is 19.9 Å². The fourth-order valence-corrected chi connectivity index (χ4v) is 2.15. The molecule has 0 fully saturated rings. The molecule has 0 aliphatic rings. The van der Waals surface area contributed by atoms with Gasteiger partial charge in [-0.2, -0.15) is 0 Å². The standard InChI is InChI=1S/C18H18ClNO3/c1-13-4-2-3-5-15(13)11-20-17(21)12-23-18(22)10-14-6-8-16(19)9-7-14/h2-9H,10-12H2,1H3,(H,20,21). The number of rotatable bonds is 6. The number of nitrogens with one attached hydrogen (secondary N) is 1. The second-order valence-electron chi connectivity index (χ2n) is 5.17. The van der Waals surface area contributed by atoms with Gasteiger partial charge in [-0.25, -0.2) is 0 Å². The molecule has 0 aliphatic heterocycles. The van der Waals surface area contributed by atoms with Crippen LogP contribution in [0.2, 0.25) is 5.02 Å². The molecule has 0 radical (unpaired) electrons. The van der Waals surface area contributed by atoms with Crippen LogP contribution < -0.4 is 5.32 Å². The van der Waals surface area contributed by atoms with Gasteiger partial charge < -0.3 is 10.1 Å². The summed E-state index contributed by atoms with van der Waals surface area (Å²) in [6, 6.07) is 14.7.